The minimum Gasteiger partial charge on any atom is -0.491 e. The van der Waals surface area contributed by atoms with Crippen molar-refractivity contribution < 1.29 is 13.7 Å². The smallest absolute Gasteiger partial charge is 0.270 e. The molecule has 0 aliphatic carbocycles. The Bertz CT molecular complexity index is 736. The molecule has 2 atom stereocenters. The number of pyridine rings is 2. The molecule has 0 radical (unpaired) electrons. The molecule has 0 saturated carbocycles. The predicted molar refractivity (Wildman–Crippen MR) is 86.5 cm³/mol. The number of ether oxygens (including phenoxy) is 1. The van der Waals surface area contributed by atoms with Crippen LogP contribution < -0.4 is 14.8 Å². The van der Waals surface area contributed by atoms with Crippen molar-refractivity contribution in [2.45, 2.75) is 12.5 Å². The first kappa shape index (κ1) is 15.4. The summed E-state index contributed by atoms with van der Waals surface area (Å²) in [5.74, 6) is 0.416. The third-order valence-corrected chi connectivity index (χ3v) is 3.88. The van der Waals surface area contributed by atoms with Crippen molar-refractivity contribution >= 4 is 22.6 Å². The molecule has 0 saturated heterocycles. The number of nitrogens with zero attached hydrogens (tertiary/aromatic N) is 2. The van der Waals surface area contributed by atoms with E-state index in [9.17, 15) is 9.00 Å². The number of aromatic nitrogens is 2. The highest BCUT2D eigenvalue weighted by Crippen LogP contribution is 2.29. The van der Waals surface area contributed by atoms with Gasteiger partial charge in [-0.1, -0.05) is 0 Å². The van der Waals surface area contributed by atoms with Gasteiger partial charge in [0, 0.05) is 18.9 Å². The molecule has 3 heterocycles. The second-order valence-electron chi connectivity index (χ2n) is 5.04. The zero-order valence-electron chi connectivity index (χ0n) is 12.5. The average molecular weight is 332 g/mol. The van der Waals surface area contributed by atoms with Crippen LogP contribution >= 0.6 is 0 Å². The van der Waals surface area contributed by atoms with Crippen LogP contribution in [0, 0.1) is 0 Å². The number of anilines is 1. The molecule has 7 nitrogen and oxygen atoms in total. The Morgan fingerprint density at radius 3 is 2.96 bits per heavy atom. The fraction of sp³-hybridized carbons (Fsp3) is 0.267. The predicted octanol–water partition coefficient (Wildman–Crippen LogP) is 1.44. The molecule has 0 fully saturated rings. The summed E-state index contributed by atoms with van der Waals surface area (Å²) in [6, 6.07) is 6.69. The molecule has 0 spiro atoms. The van der Waals surface area contributed by atoms with Gasteiger partial charge in [-0.3, -0.25) is 9.78 Å². The van der Waals surface area contributed by atoms with Gasteiger partial charge in [0.15, 0.2) is 0 Å². The van der Waals surface area contributed by atoms with E-state index in [1.807, 2.05) is 6.07 Å². The summed E-state index contributed by atoms with van der Waals surface area (Å²) in [7, 11) is -1.18. The number of fused-ring (bicyclic) bond motifs is 1. The minimum absolute atomic E-state index is 0.199. The van der Waals surface area contributed by atoms with Crippen LogP contribution in [0.15, 0.2) is 36.7 Å². The largest absolute Gasteiger partial charge is 0.491 e. The topological polar surface area (TPSA) is 93.2 Å². The minimum atomic E-state index is -1.18. The van der Waals surface area contributed by atoms with E-state index in [1.165, 1.54) is 12.5 Å². The number of carbonyl (C=O) groups excluding carboxylic acids is 1. The van der Waals surface area contributed by atoms with E-state index in [2.05, 4.69) is 20.0 Å². The molecule has 0 aromatic carbocycles. The number of rotatable bonds is 4. The van der Waals surface area contributed by atoms with E-state index in [0.717, 1.165) is 5.69 Å². The van der Waals surface area contributed by atoms with E-state index < -0.39 is 11.0 Å². The SMILES string of the molecule is CS(=O)Nc1ccc(C(=O)NC2CCOc3cccnc32)nc1. The van der Waals surface area contributed by atoms with E-state index in [4.69, 9.17) is 4.74 Å². The van der Waals surface area contributed by atoms with Crippen LogP contribution in [0.5, 0.6) is 5.75 Å². The summed E-state index contributed by atoms with van der Waals surface area (Å²) in [6.07, 6.45) is 5.34. The van der Waals surface area contributed by atoms with E-state index in [-0.39, 0.29) is 11.9 Å². The summed E-state index contributed by atoms with van der Waals surface area (Å²) in [6.45, 7) is 0.530. The maximum atomic E-state index is 12.3. The van der Waals surface area contributed by atoms with Gasteiger partial charge in [-0.25, -0.2) is 9.19 Å². The molecule has 2 N–H and O–H groups in total. The third-order valence-electron chi connectivity index (χ3n) is 3.36. The molecule has 120 valence electrons. The number of carbonyl (C=O) groups is 1. The Labute approximate surface area is 136 Å². The second kappa shape index (κ2) is 6.74. The van der Waals surface area contributed by atoms with Crippen LogP contribution in [0.25, 0.3) is 0 Å². The second-order valence-corrected chi connectivity index (χ2v) is 6.15. The van der Waals surface area contributed by atoms with Crippen LogP contribution in [0.4, 0.5) is 5.69 Å². The average Bonchev–Trinajstić information content (AvgIpc) is 2.55. The van der Waals surface area contributed by atoms with Gasteiger partial charge in [0.25, 0.3) is 5.91 Å². The summed E-state index contributed by atoms with van der Waals surface area (Å²) in [4.78, 5) is 20.7. The quantitative estimate of drug-likeness (QED) is 0.883. The summed E-state index contributed by atoms with van der Waals surface area (Å²) in [5.41, 5.74) is 1.62. The van der Waals surface area contributed by atoms with Gasteiger partial charge in [0.1, 0.15) is 28.1 Å². The highest BCUT2D eigenvalue weighted by Gasteiger charge is 2.24. The van der Waals surface area contributed by atoms with E-state index in [1.54, 1.807) is 24.4 Å². The lowest BCUT2D eigenvalue weighted by atomic mass is 10.1. The third kappa shape index (κ3) is 3.65. The lowest BCUT2D eigenvalue weighted by molar-refractivity contribution is 0.0918. The molecular formula is C15H16N4O3S. The van der Waals surface area contributed by atoms with Crippen molar-refractivity contribution in [1.29, 1.82) is 0 Å². The summed E-state index contributed by atoms with van der Waals surface area (Å²) in [5, 5.41) is 2.93. The van der Waals surface area contributed by atoms with Gasteiger partial charge in [-0.15, -0.1) is 0 Å². The standard InChI is InChI=1S/C15H16N4O3S/c1-23(21)19-10-4-5-12(17-9-10)15(20)18-11-6-8-22-13-3-2-7-16-14(11)13/h2-5,7,9,11,19H,6,8H2,1H3,(H,18,20). The normalized spacial score (nSPS) is 17.5. The Morgan fingerprint density at radius 2 is 2.22 bits per heavy atom. The molecule has 2 aromatic rings. The fourth-order valence-electron chi connectivity index (χ4n) is 2.34. The van der Waals surface area contributed by atoms with Gasteiger partial charge in [-0.05, 0) is 24.3 Å². The Balaban J connectivity index is 1.71. The molecule has 1 aliphatic heterocycles. The van der Waals surface area contributed by atoms with Crippen LogP contribution in [0.3, 0.4) is 0 Å². The fourth-order valence-corrected chi connectivity index (χ4v) is 2.79. The Kier molecular flexibility index (Phi) is 4.52. The zero-order chi connectivity index (χ0) is 16.2. The van der Waals surface area contributed by atoms with Gasteiger partial charge in [0.05, 0.1) is 24.5 Å². The van der Waals surface area contributed by atoms with Gasteiger partial charge in [0.2, 0.25) is 0 Å². The van der Waals surface area contributed by atoms with E-state index in [0.29, 0.717) is 30.2 Å². The first-order chi connectivity index (χ1) is 11.1. The molecule has 2 aromatic heterocycles. The molecule has 0 bridgehead atoms. The maximum Gasteiger partial charge on any atom is 0.270 e. The number of amides is 1. The van der Waals surface area contributed by atoms with Crippen molar-refractivity contribution in [3.63, 3.8) is 0 Å². The van der Waals surface area contributed by atoms with E-state index >= 15 is 0 Å². The molecular weight excluding hydrogens is 316 g/mol. The molecule has 1 amide bonds. The van der Waals surface area contributed by atoms with Crippen LogP contribution in [-0.2, 0) is 11.0 Å². The first-order valence-electron chi connectivity index (χ1n) is 7.08. The monoisotopic (exact) mass is 332 g/mol. The first-order valence-corrected chi connectivity index (χ1v) is 8.64. The number of nitrogens with one attached hydrogen (secondary N) is 2. The lowest BCUT2D eigenvalue weighted by Gasteiger charge is -2.25. The maximum absolute atomic E-state index is 12.3. The number of hydrogen-bond donors (Lipinski definition) is 2. The molecule has 3 rings (SSSR count). The van der Waals surface area contributed by atoms with Crippen molar-refractivity contribution in [3.05, 3.63) is 48.0 Å². The molecule has 1 aliphatic rings. The Hall–Kier alpha value is -2.48. The molecule has 23 heavy (non-hydrogen) atoms. The molecule has 2 unspecified atom stereocenters. The number of hydrogen-bond acceptors (Lipinski definition) is 5. The van der Waals surface area contributed by atoms with Gasteiger partial charge < -0.3 is 14.8 Å². The van der Waals surface area contributed by atoms with Crippen molar-refractivity contribution in [3.8, 4) is 5.75 Å². The lowest BCUT2D eigenvalue weighted by Crippen LogP contribution is -2.33. The van der Waals surface area contributed by atoms with Gasteiger partial charge >= 0.3 is 0 Å². The summed E-state index contributed by atoms with van der Waals surface area (Å²) >= 11 is 0. The van der Waals surface area contributed by atoms with Crippen LogP contribution in [-0.4, -0.2) is 32.9 Å². The summed E-state index contributed by atoms with van der Waals surface area (Å²) < 4.78 is 19.3. The zero-order valence-corrected chi connectivity index (χ0v) is 13.3. The molecule has 8 heteroatoms. The van der Waals surface area contributed by atoms with Gasteiger partial charge in [-0.2, -0.15) is 0 Å². The highest BCUT2D eigenvalue weighted by molar-refractivity contribution is 7.85. The highest BCUT2D eigenvalue weighted by atomic mass is 32.2. The Morgan fingerprint density at radius 1 is 1.35 bits per heavy atom. The van der Waals surface area contributed by atoms with Crippen molar-refractivity contribution in [2.24, 2.45) is 0 Å². The van der Waals surface area contributed by atoms with Crippen molar-refractivity contribution in [1.82, 2.24) is 15.3 Å². The van der Waals surface area contributed by atoms with Crippen LogP contribution in [0.1, 0.15) is 28.6 Å². The van der Waals surface area contributed by atoms with Crippen molar-refractivity contribution in [2.75, 3.05) is 17.6 Å². The van der Waals surface area contributed by atoms with Crippen LogP contribution in [0.2, 0.25) is 0 Å².